The molecule has 1 N–H and O–H groups in total. The molecule has 0 fully saturated rings. The summed E-state index contributed by atoms with van der Waals surface area (Å²) in [7, 11) is 3.99. The number of benzene rings is 2. The zero-order valence-corrected chi connectivity index (χ0v) is 17.9. The maximum Gasteiger partial charge on any atom is 0.306 e. The van der Waals surface area contributed by atoms with Gasteiger partial charge in [-0.25, -0.2) is 0 Å². The molecule has 0 saturated heterocycles. The maximum absolute atomic E-state index is 12.4. The number of hydrogen-bond donors (Lipinski definition) is 1. The highest BCUT2D eigenvalue weighted by molar-refractivity contribution is 6.17. The number of esters is 1. The van der Waals surface area contributed by atoms with E-state index in [-0.39, 0.29) is 11.9 Å². The highest BCUT2D eigenvalue weighted by atomic mass is 35.5. The molecular formula is C22H28ClN3O2. The quantitative estimate of drug-likeness (QED) is 0.573. The number of carbonyl (C=O) groups excluding carboxylic acids is 1. The van der Waals surface area contributed by atoms with Crippen LogP contribution in [0.3, 0.4) is 0 Å². The van der Waals surface area contributed by atoms with Gasteiger partial charge in [-0.05, 0) is 54.7 Å². The average molecular weight is 402 g/mol. The van der Waals surface area contributed by atoms with Crippen molar-refractivity contribution >= 4 is 28.9 Å². The molecule has 1 aliphatic rings. The second-order valence-corrected chi connectivity index (χ2v) is 7.51. The minimum absolute atomic E-state index is 0.0915. The summed E-state index contributed by atoms with van der Waals surface area (Å²) in [5, 5.41) is 4.00. The van der Waals surface area contributed by atoms with Gasteiger partial charge in [0, 0.05) is 25.9 Å². The first-order chi connectivity index (χ1) is 13.4. The lowest BCUT2D eigenvalue weighted by Gasteiger charge is -2.23. The molecular weight excluding hydrogens is 374 g/mol. The first-order valence-electron chi connectivity index (χ1n) is 9.55. The lowest BCUT2D eigenvalue weighted by Crippen LogP contribution is -2.39. The summed E-state index contributed by atoms with van der Waals surface area (Å²) in [6.07, 6.45) is 0.297. The summed E-state index contributed by atoms with van der Waals surface area (Å²) in [5.74, 6) is 0.169. The predicted molar refractivity (Wildman–Crippen MR) is 115 cm³/mol. The van der Waals surface area contributed by atoms with Crippen molar-refractivity contribution in [2.24, 2.45) is 0 Å². The van der Waals surface area contributed by atoms with E-state index in [0.29, 0.717) is 18.9 Å². The Hall–Kier alpha value is -2.24. The molecule has 2 aromatic carbocycles. The average Bonchev–Trinajstić information content (AvgIpc) is 2.96. The summed E-state index contributed by atoms with van der Waals surface area (Å²) >= 11 is 6.14. The Morgan fingerprint density at radius 1 is 1.18 bits per heavy atom. The van der Waals surface area contributed by atoms with E-state index in [0.717, 1.165) is 39.2 Å². The van der Waals surface area contributed by atoms with Crippen LogP contribution in [0.2, 0.25) is 0 Å². The third-order valence-corrected chi connectivity index (χ3v) is 5.71. The van der Waals surface area contributed by atoms with Crippen molar-refractivity contribution < 1.29 is 9.53 Å². The molecule has 1 aliphatic heterocycles. The monoisotopic (exact) mass is 401 g/mol. The molecule has 0 amide bonds. The fourth-order valence-corrected chi connectivity index (χ4v) is 4.24. The van der Waals surface area contributed by atoms with Gasteiger partial charge in [0.2, 0.25) is 0 Å². The SMILES string of the molecule is CCOC(=O)CC(c1ccc(C)c(CCl)c1)c1ccc2c(c1C)N(C)NN2C. The van der Waals surface area contributed by atoms with Crippen LogP contribution in [0, 0.1) is 13.8 Å². The molecule has 1 unspecified atom stereocenters. The van der Waals surface area contributed by atoms with E-state index in [1.54, 1.807) is 0 Å². The van der Waals surface area contributed by atoms with Crippen LogP contribution in [0.5, 0.6) is 0 Å². The van der Waals surface area contributed by atoms with Crippen LogP contribution >= 0.6 is 11.6 Å². The second kappa shape index (κ2) is 8.41. The van der Waals surface area contributed by atoms with Gasteiger partial charge in [0.05, 0.1) is 24.4 Å². The first-order valence-corrected chi connectivity index (χ1v) is 10.1. The lowest BCUT2D eigenvalue weighted by atomic mass is 9.84. The van der Waals surface area contributed by atoms with Gasteiger partial charge in [-0.15, -0.1) is 17.1 Å². The number of halogens is 1. The van der Waals surface area contributed by atoms with E-state index in [4.69, 9.17) is 16.3 Å². The highest BCUT2D eigenvalue weighted by Crippen LogP contribution is 2.41. The van der Waals surface area contributed by atoms with Crippen molar-refractivity contribution in [3.8, 4) is 0 Å². The number of hydrogen-bond acceptors (Lipinski definition) is 5. The van der Waals surface area contributed by atoms with E-state index in [2.05, 4.69) is 49.7 Å². The van der Waals surface area contributed by atoms with Crippen molar-refractivity contribution in [1.82, 2.24) is 5.53 Å². The van der Waals surface area contributed by atoms with Gasteiger partial charge in [-0.2, -0.15) is 0 Å². The molecule has 150 valence electrons. The number of hydrazine groups is 2. The standard InChI is InChI=1S/C22H28ClN3O2/c1-6-28-21(27)12-19(16-8-7-14(2)17(11-16)13-23)18-9-10-20-22(15(18)3)26(5)24-25(20)4/h7-11,19,24H,6,12-13H2,1-5H3. The normalized spacial score (nSPS) is 14.2. The van der Waals surface area contributed by atoms with Gasteiger partial charge in [0.1, 0.15) is 0 Å². The van der Waals surface area contributed by atoms with E-state index in [1.165, 1.54) is 0 Å². The molecule has 3 rings (SSSR count). The van der Waals surface area contributed by atoms with Crippen LogP contribution in [0.15, 0.2) is 30.3 Å². The van der Waals surface area contributed by atoms with Crippen molar-refractivity contribution in [2.45, 2.75) is 39.0 Å². The molecule has 1 atom stereocenters. The Balaban J connectivity index is 2.10. The van der Waals surface area contributed by atoms with Gasteiger partial charge < -0.3 is 4.74 Å². The molecule has 28 heavy (non-hydrogen) atoms. The van der Waals surface area contributed by atoms with E-state index in [1.807, 2.05) is 31.0 Å². The number of fused-ring (bicyclic) bond motifs is 1. The lowest BCUT2D eigenvalue weighted by molar-refractivity contribution is -0.143. The Morgan fingerprint density at radius 2 is 1.93 bits per heavy atom. The largest absolute Gasteiger partial charge is 0.466 e. The Labute approximate surface area is 172 Å². The molecule has 5 nitrogen and oxygen atoms in total. The summed E-state index contributed by atoms with van der Waals surface area (Å²) in [6, 6.07) is 10.5. The molecule has 0 spiro atoms. The highest BCUT2D eigenvalue weighted by Gasteiger charge is 2.28. The second-order valence-electron chi connectivity index (χ2n) is 7.25. The molecule has 0 saturated carbocycles. The number of rotatable bonds is 6. The maximum atomic E-state index is 12.4. The molecule has 0 aliphatic carbocycles. The van der Waals surface area contributed by atoms with Crippen molar-refractivity contribution in [3.05, 3.63) is 58.1 Å². The van der Waals surface area contributed by atoms with Crippen LogP contribution < -0.4 is 15.6 Å². The Morgan fingerprint density at radius 3 is 2.61 bits per heavy atom. The third kappa shape index (κ3) is 3.82. The number of carbonyl (C=O) groups is 1. The van der Waals surface area contributed by atoms with Crippen LogP contribution in [-0.2, 0) is 15.4 Å². The van der Waals surface area contributed by atoms with Crippen molar-refractivity contribution in [2.75, 3.05) is 30.7 Å². The van der Waals surface area contributed by atoms with Gasteiger partial charge in [-0.3, -0.25) is 14.8 Å². The van der Waals surface area contributed by atoms with Gasteiger partial charge in [0.15, 0.2) is 0 Å². The summed E-state index contributed by atoms with van der Waals surface area (Å²) in [5.41, 5.74) is 11.1. The summed E-state index contributed by atoms with van der Waals surface area (Å²) in [6.45, 7) is 6.38. The number of ether oxygens (including phenoxy) is 1. The first kappa shape index (κ1) is 20.5. The Bertz CT molecular complexity index is 884. The third-order valence-electron chi connectivity index (χ3n) is 5.42. The molecule has 6 heteroatoms. The molecule has 2 aromatic rings. The molecule has 0 aromatic heterocycles. The number of nitrogens with zero attached hydrogens (tertiary/aromatic N) is 2. The van der Waals surface area contributed by atoms with Crippen molar-refractivity contribution in [1.29, 1.82) is 0 Å². The van der Waals surface area contributed by atoms with E-state index >= 15 is 0 Å². The molecule has 0 radical (unpaired) electrons. The smallest absolute Gasteiger partial charge is 0.306 e. The van der Waals surface area contributed by atoms with Crippen LogP contribution in [0.4, 0.5) is 11.4 Å². The number of aryl methyl sites for hydroxylation is 1. The summed E-state index contributed by atoms with van der Waals surface area (Å²) < 4.78 is 5.27. The van der Waals surface area contributed by atoms with E-state index < -0.39 is 0 Å². The zero-order valence-electron chi connectivity index (χ0n) is 17.2. The van der Waals surface area contributed by atoms with Crippen LogP contribution in [-0.4, -0.2) is 26.7 Å². The number of nitrogens with one attached hydrogen (secondary N) is 1. The van der Waals surface area contributed by atoms with Crippen LogP contribution in [0.25, 0.3) is 0 Å². The minimum Gasteiger partial charge on any atom is -0.466 e. The molecule has 0 bridgehead atoms. The van der Waals surface area contributed by atoms with Crippen molar-refractivity contribution in [3.63, 3.8) is 0 Å². The zero-order chi connectivity index (χ0) is 20.4. The minimum atomic E-state index is -0.191. The fraction of sp³-hybridized carbons (Fsp3) is 0.409. The van der Waals surface area contributed by atoms with E-state index in [9.17, 15) is 4.79 Å². The number of alkyl halides is 1. The topological polar surface area (TPSA) is 44.8 Å². The molecule has 1 heterocycles. The van der Waals surface area contributed by atoms with Gasteiger partial charge in [-0.1, -0.05) is 24.3 Å². The number of anilines is 2. The fourth-order valence-electron chi connectivity index (χ4n) is 3.95. The summed E-state index contributed by atoms with van der Waals surface area (Å²) in [4.78, 5) is 12.4. The van der Waals surface area contributed by atoms with Gasteiger partial charge in [0.25, 0.3) is 0 Å². The Kier molecular flexibility index (Phi) is 6.16. The van der Waals surface area contributed by atoms with Gasteiger partial charge >= 0.3 is 5.97 Å². The van der Waals surface area contributed by atoms with Crippen LogP contribution in [0.1, 0.15) is 47.1 Å². The predicted octanol–water partition coefficient (Wildman–Crippen LogP) is 4.43.